The largest absolute Gasteiger partial charge is 0.405 e. The van der Waals surface area contributed by atoms with Gasteiger partial charge in [-0.25, -0.2) is 9.79 Å². The van der Waals surface area contributed by atoms with Crippen LogP contribution in [-0.4, -0.2) is 65.9 Å². The number of aromatic amines is 1. The van der Waals surface area contributed by atoms with Crippen LogP contribution in [0.3, 0.4) is 0 Å². The van der Waals surface area contributed by atoms with Crippen LogP contribution in [0.5, 0.6) is 0 Å². The molecule has 2 N–H and O–H groups in total. The highest BCUT2D eigenvalue weighted by molar-refractivity contribution is 6.38. The lowest BCUT2D eigenvalue weighted by atomic mass is 9.83. The minimum absolute atomic E-state index is 0.000429. The molecule has 28 heavy (non-hydrogen) atoms. The molecule has 1 aromatic rings. The third kappa shape index (κ3) is 3.24. The molecule has 0 radical (unpaired) electrons. The van der Waals surface area contributed by atoms with E-state index < -0.39 is 18.8 Å². The zero-order chi connectivity index (χ0) is 20.1. The lowest BCUT2D eigenvalue weighted by molar-refractivity contribution is -0.123. The number of fused-ring (bicyclic) bond motifs is 3. The Kier molecular flexibility index (Phi) is 4.59. The third-order valence-corrected chi connectivity index (χ3v) is 5.83. The molecule has 7 nitrogen and oxygen atoms in total. The predicted octanol–water partition coefficient (Wildman–Crippen LogP) is 2.94. The second-order valence-electron chi connectivity index (χ2n) is 7.57. The van der Waals surface area contributed by atoms with E-state index in [1.165, 1.54) is 4.90 Å². The number of carbonyl (C=O) groups excluding carboxylic acids is 1. The number of carbonyl (C=O) groups is 1. The molecule has 1 aromatic heterocycles. The van der Waals surface area contributed by atoms with Gasteiger partial charge in [0.1, 0.15) is 12.4 Å². The van der Waals surface area contributed by atoms with Gasteiger partial charge in [-0.15, -0.1) is 0 Å². The van der Waals surface area contributed by atoms with Crippen LogP contribution in [0.4, 0.5) is 29.5 Å². The molecule has 0 spiro atoms. The number of amides is 2. The van der Waals surface area contributed by atoms with Crippen LogP contribution < -0.4 is 10.2 Å². The van der Waals surface area contributed by atoms with Gasteiger partial charge >= 0.3 is 12.2 Å². The summed E-state index contributed by atoms with van der Waals surface area (Å²) < 4.78 is 37.3. The van der Waals surface area contributed by atoms with Gasteiger partial charge in [0.2, 0.25) is 0 Å². The molecule has 1 saturated heterocycles. The van der Waals surface area contributed by atoms with Crippen molar-refractivity contribution in [2.45, 2.75) is 38.5 Å². The average Bonchev–Trinajstić information content (AvgIpc) is 3.33. The lowest BCUT2D eigenvalue weighted by Crippen LogP contribution is -2.48. The molecule has 2 unspecified atom stereocenters. The smallest absolute Gasteiger partial charge is 0.345 e. The van der Waals surface area contributed by atoms with Crippen molar-refractivity contribution in [3.05, 3.63) is 12.3 Å². The first-order valence-electron chi connectivity index (χ1n) is 9.46. The number of anilines is 1. The average molecular weight is 396 g/mol. The zero-order valence-electron chi connectivity index (χ0n) is 15.7. The van der Waals surface area contributed by atoms with Crippen molar-refractivity contribution in [1.82, 2.24) is 15.2 Å². The molecule has 0 aromatic carbocycles. The summed E-state index contributed by atoms with van der Waals surface area (Å²) in [6, 6.07) is 1.32. The monoisotopic (exact) mass is 396 g/mol. The van der Waals surface area contributed by atoms with E-state index in [0.29, 0.717) is 13.1 Å². The van der Waals surface area contributed by atoms with Crippen molar-refractivity contribution < 1.29 is 18.0 Å². The molecule has 2 amide bonds. The molecule has 3 aliphatic rings. The Labute approximate surface area is 160 Å². The highest BCUT2D eigenvalue weighted by Gasteiger charge is 2.48. The van der Waals surface area contributed by atoms with Crippen molar-refractivity contribution in [3.8, 4) is 0 Å². The molecule has 3 aliphatic heterocycles. The van der Waals surface area contributed by atoms with E-state index in [4.69, 9.17) is 4.99 Å². The molecule has 4 rings (SSSR count). The predicted molar refractivity (Wildman–Crippen MR) is 100 cm³/mol. The Morgan fingerprint density at radius 2 is 2.18 bits per heavy atom. The second-order valence-corrected chi connectivity index (χ2v) is 7.57. The van der Waals surface area contributed by atoms with E-state index in [1.54, 1.807) is 6.21 Å². The summed E-state index contributed by atoms with van der Waals surface area (Å²) in [5, 5.41) is 1.99. The molecule has 0 bridgehead atoms. The number of alkyl halides is 3. The Hall–Kier alpha value is -2.52. The van der Waals surface area contributed by atoms with Crippen LogP contribution in [0.25, 0.3) is 0 Å². The maximum atomic E-state index is 12.4. The molecule has 10 heteroatoms. The number of hydrogen-bond donors (Lipinski definition) is 2. The number of urea groups is 1. The Morgan fingerprint density at radius 3 is 2.89 bits per heavy atom. The van der Waals surface area contributed by atoms with Crippen molar-refractivity contribution in [3.63, 3.8) is 0 Å². The lowest BCUT2D eigenvalue weighted by Gasteiger charge is -2.36. The van der Waals surface area contributed by atoms with Gasteiger partial charge in [-0.05, 0) is 18.9 Å². The van der Waals surface area contributed by atoms with Crippen LogP contribution in [0.15, 0.2) is 22.2 Å². The fourth-order valence-corrected chi connectivity index (χ4v) is 4.59. The number of hydrogen-bond acceptors (Lipinski definition) is 4. The Bertz CT molecular complexity index is 816. The second kappa shape index (κ2) is 6.82. The van der Waals surface area contributed by atoms with Gasteiger partial charge in [-0.1, -0.05) is 13.3 Å². The van der Waals surface area contributed by atoms with Crippen LogP contribution in [0, 0.1) is 11.8 Å². The van der Waals surface area contributed by atoms with Crippen LogP contribution in [0.2, 0.25) is 0 Å². The number of likely N-dealkylation sites (tertiary alicyclic amines) is 1. The molecule has 1 fully saturated rings. The summed E-state index contributed by atoms with van der Waals surface area (Å²) in [7, 11) is 0. The molecule has 4 heterocycles. The molecule has 152 valence electrons. The summed E-state index contributed by atoms with van der Waals surface area (Å²) in [4.78, 5) is 28.2. The van der Waals surface area contributed by atoms with E-state index in [-0.39, 0.29) is 23.9 Å². The van der Waals surface area contributed by atoms with E-state index >= 15 is 0 Å². The number of halogens is 3. The van der Waals surface area contributed by atoms with Gasteiger partial charge in [0, 0.05) is 25.2 Å². The molecular formula is C18H23F3N6O. The summed E-state index contributed by atoms with van der Waals surface area (Å²) in [6.07, 6.45) is -0.0134. The van der Waals surface area contributed by atoms with Gasteiger partial charge in [0.15, 0.2) is 5.82 Å². The summed E-state index contributed by atoms with van der Waals surface area (Å²) >= 11 is 0. The number of nitrogens with zero attached hydrogens (tertiary/aromatic N) is 4. The topological polar surface area (TPSA) is 76.1 Å². The summed E-state index contributed by atoms with van der Waals surface area (Å²) in [5.74, 6) is 1.86. The number of rotatable bonds is 3. The number of aliphatic imine (C=N–C) groups is 2. The maximum absolute atomic E-state index is 12.4. The minimum atomic E-state index is -4.42. The molecular weight excluding hydrogens is 373 g/mol. The number of H-pyrrole nitrogens is 1. The van der Waals surface area contributed by atoms with Crippen molar-refractivity contribution in [2.75, 3.05) is 24.5 Å². The number of amidine groups is 1. The van der Waals surface area contributed by atoms with E-state index in [1.807, 2.05) is 24.5 Å². The van der Waals surface area contributed by atoms with Gasteiger partial charge in [0.05, 0.1) is 24.0 Å². The fraction of sp³-hybridized carbons (Fsp3) is 0.611. The molecule has 4 atom stereocenters. The van der Waals surface area contributed by atoms with Gasteiger partial charge in [0.25, 0.3) is 0 Å². The summed E-state index contributed by atoms with van der Waals surface area (Å²) in [6.45, 7) is 3.63. The third-order valence-electron chi connectivity index (χ3n) is 5.83. The van der Waals surface area contributed by atoms with Crippen molar-refractivity contribution >= 4 is 29.6 Å². The minimum Gasteiger partial charge on any atom is -0.345 e. The first-order chi connectivity index (χ1) is 13.3. The zero-order valence-corrected chi connectivity index (χ0v) is 15.7. The standard InChI is InChI=1S/C18H23F3N6O/c1-3-11-7-26(17(28)24-9-18(19,20)21)8-12(11)15-10(2)25-14-6-23-16-13(27(14)15)4-5-22-16/h4-6,10-12,15,22H,3,7-9H2,1-2H3,(H,24,28)/t10?,11-,12+,15?/m1/s1. The first kappa shape index (κ1) is 18.8. The Balaban J connectivity index is 1.53. The highest BCUT2D eigenvalue weighted by Crippen LogP contribution is 2.42. The summed E-state index contributed by atoms with van der Waals surface area (Å²) in [5.41, 5.74) is 0.949. The number of nitrogens with one attached hydrogen (secondary N) is 2. The highest BCUT2D eigenvalue weighted by atomic mass is 19.4. The molecule has 0 saturated carbocycles. The maximum Gasteiger partial charge on any atom is 0.405 e. The molecule has 0 aliphatic carbocycles. The van der Waals surface area contributed by atoms with Crippen molar-refractivity contribution in [2.24, 2.45) is 21.8 Å². The quantitative estimate of drug-likeness (QED) is 0.824. The van der Waals surface area contributed by atoms with Crippen LogP contribution in [0.1, 0.15) is 20.3 Å². The van der Waals surface area contributed by atoms with Crippen LogP contribution in [-0.2, 0) is 0 Å². The number of aromatic nitrogens is 1. The van der Waals surface area contributed by atoms with Gasteiger partial charge < -0.3 is 20.1 Å². The normalized spacial score (nSPS) is 29.0. The fourth-order valence-electron chi connectivity index (χ4n) is 4.59. The van der Waals surface area contributed by atoms with Gasteiger partial charge in [-0.2, -0.15) is 13.2 Å². The SMILES string of the molecule is CC[C@@H]1CN(C(=O)NCC(F)(F)F)C[C@@H]1C1C(C)N=C2C=Nc3[nH]ccc3N21. The van der Waals surface area contributed by atoms with Crippen molar-refractivity contribution in [1.29, 1.82) is 0 Å². The first-order valence-corrected chi connectivity index (χ1v) is 9.46. The van der Waals surface area contributed by atoms with Gasteiger partial charge in [-0.3, -0.25) is 4.99 Å². The van der Waals surface area contributed by atoms with E-state index in [2.05, 4.69) is 21.8 Å². The van der Waals surface area contributed by atoms with E-state index in [9.17, 15) is 18.0 Å². The van der Waals surface area contributed by atoms with Crippen LogP contribution >= 0.6 is 0 Å². The Morgan fingerprint density at radius 1 is 1.39 bits per heavy atom. The van der Waals surface area contributed by atoms with E-state index in [0.717, 1.165) is 23.8 Å².